The van der Waals surface area contributed by atoms with Crippen molar-refractivity contribution in [1.29, 1.82) is 0 Å². The van der Waals surface area contributed by atoms with Gasteiger partial charge in [0.1, 0.15) is 5.60 Å². The van der Waals surface area contributed by atoms with Crippen LogP contribution < -0.4 is 0 Å². The minimum Gasteiger partial charge on any atom is -0.478 e. The number of amides is 1. The van der Waals surface area contributed by atoms with Gasteiger partial charge in [0.05, 0.1) is 5.56 Å². The number of carboxylic acids is 1. The van der Waals surface area contributed by atoms with Gasteiger partial charge in [0.2, 0.25) is 0 Å². The fraction of sp³-hybridized carbons (Fsp3) is 0.417. The van der Waals surface area contributed by atoms with Gasteiger partial charge in [-0.25, -0.2) is 4.79 Å². The van der Waals surface area contributed by atoms with E-state index < -0.39 is 11.6 Å². The second-order valence-corrected chi connectivity index (χ2v) is 8.95. The molecule has 3 aliphatic rings. The zero-order chi connectivity index (χ0) is 20.2. The van der Waals surface area contributed by atoms with Gasteiger partial charge in [-0.05, 0) is 72.3 Å². The molecule has 2 saturated carbocycles. The van der Waals surface area contributed by atoms with E-state index >= 15 is 0 Å². The zero-order valence-corrected chi connectivity index (χ0v) is 16.3. The van der Waals surface area contributed by atoms with Crippen LogP contribution in [-0.4, -0.2) is 45.7 Å². The highest BCUT2D eigenvalue weighted by Gasteiger charge is 2.57. The molecule has 5 heteroatoms. The topological polar surface area (TPSA) is 77.8 Å². The van der Waals surface area contributed by atoms with Crippen molar-refractivity contribution < 1.29 is 19.8 Å². The summed E-state index contributed by atoms with van der Waals surface area (Å²) >= 11 is 0. The van der Waals surface area contributed by atoms with Crippen molar-refractivity contribution in [1.82, 2.24) is 4.90 Å². The molecule has 2 N–H and O–H groups in total. The second kappa shape index (κ2) is 6.42. The summed E-state index contributed by atoms with van der Waals surface area (Å²) in [4.78, 5) is 25.4. The van der Waals surface area contributed by atoms with E-state index in [4.69, 9.17) is 0 Å². The van der Waals surface area contributed by atoms with Crippen molar-refractivity contribution >= 4 is 11.9 Å². The number of rotatable bonds is 4. The molecular formula is C24H25NO4. The van der Waals surface area contributed by atoms with Crippen LogP contribution in [0.4, 0.5) is 0 Å². The molecule has 0 aromatic heterocycles. The highest BCUT2D eigenvalue weighted by atomic mass is 16.4. The number of benzene rings is 2. The van der Waals surface area contributed by atoms with Crippen molar-refractivity contribution in [3.8, 4) is 11.1 Å². The van der Waals surface area contributed by atoms with Crippen molar-refractivity contribution in [2.45, 2.75) is 43.6 Å². The highest BCUT2D eigenvalue weighted by Crippen LogP contribution is 2.65. The Hall–Kier alpha value is -2.66. The lowest BCUT2D eigenvalue weighted by molar-refractivity contribution is -0.144. The Morgan fingerprint density at radius 3 is 2.24 bits per heavy atom. The van der Waals surface area contributed by atoms with Gasteiger partial charge in [0, 0.05) is 13.1 Å². The maximum Gasteiger partial charge on any atom is 0.335 e. The van der Waals surface area contributed by atoms with E-state index in [9.17, 15) is 19.8 Å². The molecule has 1 aliphatic heterocycles. The largest absolute Gasteiger partial charge is 0.478 e. The Labute approximate surface area is 170 Å². The van der Waals surface area contributed by atoms with E-state index in [0.717, 1.165) is 43.5 Å². The van der Waals surface area contributed by atoms with E-state index in [2.05, 4.69) is 24.3 Å². The number of carboxylic acid groups (broad SMARTS) is 1. The molecule has 29 heavy (non-hydrogen) atoms. The number of likely N-dealkylation sites (tertiary alicyclic amines) is 1. The van der Waals surface area contributed by atoms with Crippen molar-refractivity contribution in [2.75, 3.05) is 13.1 Å². The van der Waals surface area contributed by atoms with E-state index in [0.29, 0.717) is 29.7 Å². The zero-order valence-electron chi connectivity index (χ0n) is 16.3. The predicted molar refractivity (Wildman–Crippen MR) is 109 cm³/mol. The molecule has 1 spiro atoms. The summed E-state index contributed by atoms with van der Waals surface area (Å²) in [6.45, 7) is 1.50. The third-order valence-electron chi connectivity index (χ3n) is 7.11. The van der Waals surface area contributed by atoms with Crippen LogP contribution in [0.2, 0.25) is 0 Å². The Balaban J connectivity index is 1.25. The molecule has 0 unspecified atom stereocenters. The summed E-state index contributed by atoms with van der Waals surface area (Å²) in [5.41, 5.74) is 2.79. The molecule has 5 rings (SSSR count). The van der Waals surface area contributed by atoms with Gasteiger partial charge in [-0.3, -0.25) is 4.79 Å². The first-order chi connectivity index (χ1) is 13.9. The van der Waals surface area contributed by atoms with Gasteiger partial charge in [0.25, 0.3) is 5.91 Å². The minimum atomic E-state index is -1.05. The molecule has 2 aromatic rings. The first-order valence-corrected chi connectivity index (χ1v) is 10.4. The molecule has 2 aliphatic carbocycles. The molecule has 1 saturated heterocycles. The van der Waals surface area contributed by atoms with Gasteiger partial charge in [-0.2, -0.15) is 0 Å². The quantitative estimate of drug-likeness (QED) is 0.834. The number of nitrogens with zero attached hydrogens (tertiary/aromatic N) is 1. The fourth-order valence-electron chi connectivity index (χ4n) is 4.89. The molecule has 2 aromatic carbocycles. The molecule has 1 amide bonds. The van der Waals surface area contributed by atoms with Crippen LogP contribution >= 0.6 is 0 Å². The first-order valence-electron chi connectivity index (χ1n) is 10.4. The molecule has 5 nitrogen and oxygen atoms in total. The molecule has 3 fully saturated rings. The number of hydrogen-bond donors (Lipinski definition) is 2. The van der Waals surface area contributed by atoms with E-state index in [1.54, 1.807) is 18.2 Å². The van der Waals surface area contributed by atoms with Crippen LogP contribution in [-0.2, 0) is 4.79 Å². The van der Waals surface area contributed by atoms with Crippen molar-refractivity contribution in [3.63, 3.8) is 0 Å². The van der Waals surface area contributed by atoms with Crippen molar-refractivity contribution in [3.05, 3.63) is 59.7 Å². The molecule has 0 bridgehead atoms. The third-order valence-corrected chi connectivity index (χ3v) is 7.11. The minimum absolute atomic E-state index is 0.0718. The van der Waals surface area contributed by atoms with Gasteiger partial charge >= 0.3 is 5.97 Å². The Bertz CT molecular complexity index is 969. The Morgan fingerprint density at radius 2 is 1.62 bits per heavy atom. The van der Waals surface area contributed by atoms with Crippen LogP contribution in [0.25, 0.3) is 11.1 Å². The van der Waals surface area contributed by atoms with Gasteiger partial charge in [0.15, 0.2) is 0 Å². The van der Waals surface area contributed by atoms with Crippen LogP contribution in [0, 0.1) is 5.41 Å². The predicted octanol–water partition coefficient (Wildman–Crippen LogP) is 3.67. The van der Waals surface area contributed by atoms with E-state index in [1.165, 1.54) is 5.56 Å². The summed E-state index contributed by atoms with van der Waals surface area (Å²) in [6.07, 6.45) is 4.38. The fourth-order valence-corrected chi connectivity index (χ4v) is 4.89. The average molecular weight is 391 g/mol. The van der Waals surface area contributed by atoms with Crippen LogP contribution in [0.5, 0.6) is 0 Å². The van der Waals surface area contributed by atoms with Gasteiger partial charge < -0.3 is 15.1 Å². The summed E-state index contributed by atoms with van der Waals surface area (Å²) in [5.74, 6) is -0.456. The summed E-state index contributed by atoms with van der Waals surface area (Å²) < 4.78 is 0. The number of carbonyl (C=O) groups excluding carboxylic acids is 1. The lowest BCUT2D eigenvalue weighted by Crippen LogP contribution is -2.45. The van der Waals surface area contributed by atoms with E-state index in [1.807, 2.05) is 11.0 Å². The van der Waals surface area contributed by atoms with Crippen molar-refractivity contribution in [2.24, 2.45) is 5.41 Å². The second-order valence-electron chi connectivity index (χ2n) is 8.95. The number of aliphatic hydroxyl groups is 1. The number of aromatic carboxylic acids is 1. The molecule has 1 atom stereocenters. The van der Waals surface area contributed by atoms with Gasteiger partial charge in [-0.15, -0.1) is 0 Å². The normalized spacial score (nSPS) is 23.6. The van der Waals surface area contributed by atoms with Gasteiger partial charge in [-0.1, -0.05) is 36.4 Å². The monoisotopic (exact) mass is 391 g/mol. The smallest absolute Gasteiger partial charge is 0.335 e. The third kappa shape index (κ3) is 3.23. The maximum atomic E-state index is 12.3. The van der Waals surface area contributed by atoms with Crippen LogP contribution in [0.15, 0.2) is 48.5 Å². The first kappa shape index (κ1) is 18.4. The van der Waals surface area contributed by atoms with E-state index in [-0.39, 0.29) is 5.91 Å². The summed E-state index contributed by atoms with van der Waals surface area (Å²) in [6, 6.07) is 15.5. The summed E-state index contributed by atoms with van der Waals surface area (Å²) in [5, 5.41) is 19.3. The molecule has 0 radical (unpaired) electrons. The molecule has 1 heterocycles. The highest BCUT2D eigenvalue weighted by molar-refractivity contribution is 5.89. The standard InChI is InChI=1S/C24H25NO4/c26-21(27)19-3-1-2-18(14-19)16-4-6-17(7-5-16)20-15-23(20)10-12-25(13-11-23)22(28)24(29)8-9-24/h1-7,14,20,29H,8-13,15H2,(H,26,27)/t20-/m1/s1. The number of hydrogen-bond acceptors (Lipinski definition) is 3. The average Bonchev–Trinajstić information content (AvgIpc) is 3.66. The Morgan fingerprint density at radius 1 is 0.931 bits per heavy atom. The molecule has 150 valence electrons. The number of carbonyl (C=O) groups is 2. The Kier molecular flexibility index (Phi) is 4.07. The molecular weight excluding hydrogens is 366 g/mol. The summed E-state index contributed by atoms with van der Waals surface area (Å²) in [7, 11) is 0. The van der Waals surface area contributed by atoms with Crippen LogP contribution in [0.1, 0.15) is 53.9 Å². The SMILES string of the molecule is O=C(O)c1cccc(-c2ccc([C@H]3CC34CCN(C(=O)C3(O)CC3)CC4)cc2)c1. The number of piperidine rings is 1. The lowest BCUT2D eigenvalue weighted by Gasteiger charge is -2.34. The maximum absolute atomic E-state index is 12.3. The lowest BCUT2D eigenvalue weighted by atomic mass is 9.88. The van der Waals surface area contributed by atoms with Crippen LogP contribution in [0.3, 0.4) is 0 Å².